The van der Waals surface area contributed by atoms with Crippen molar-refractivity contribution in [2.75, 3.05) is 5.75 Å². The molecule has 3 aromatic carbocycles. The first kappa shape index (κ1) is 21.5. The first-order valence-electron chi connectivity index (χ1n) is 9.63. The molecule has 1 heterocycles. The summed E-state index contributed by atoms with van der Waals surface area (Å²) < 4.78 is 1.67. The number of nitrogens with one attached hydrogen (secondary N) is 1. The van der Waals surface area contributed by atoms with Gasteiger partial charge in [0.1, 0.15) is 0 Å². The molecule has 5 nitrogen and oxygen atoms in total. The quantitative estimate of drug-likeness (QED) is 0.208. The number of fused-ring (bicyclic) bond motifs is 1. The van der Waals surface area contributed by atoms with Crippen LogP contribution in [-0.2, 0) is 10.5 Å². The summed E-state index contributed by atoms with van der Waals surface area (Å²) in [6, 6.07) is 24.5. The number of hydrogen-bond acceptors (Lipinski definition) is 7. The van der Waals surface area contributed by atoms with E-state index in [1.54, 1.807) is 11.8 Å². The van der Waals surface area contributed by atoms with Gasteiger partial charge in [0.2, 0.25) is 0 Å². The second-order valence-corrected chi connectivity index (χ2v) is 10.1. The first-order valence-corrected chi connectivity index (χ1v) is 12.4. The lowest BCUT2D eigenvalue weighted by Gasteiger charge is -2.04. The van der Waals surface area contributed by atoms with Crippen LogP contribution in [0.25, 0.3) is 10.8 Å². The van der Waals surface area contributed by atoms with E-state index in [0.717, 1.165) is 25.7 Å². The summed E-state index contributed by atoms with van der Waals surface area (Å²) in [5.74, 6) is 0.906. The SMILES string of the molecule is C/C(=N/NC(=O)CSc1nnc(SCc2cccc3ccccc23)s1)c1ccccc1. The highest BCUT2D eigenvalue weighted by molar-refractivity contribution is 8.03. The van der Waals surface area contributed by atoms with Crippen molar-refractivity contribution in [3.8, 4) is 0 Å². The van der Waals surface area contributed by atoms with Crippen molar-refractivity contribution in [1.82, 2.24) is 15.6 Å². The molecule has 31 heavy (non-hydrogen) atoms. The summed E-state index contributed by atoms with van der Waals surface area (Å²) in [6.45, 7) is 1.87. The molecule has 0 saturated carbocycles. The van der Waals surface area contributed by atoms with E-state index < -0.39 is 0 Å². The maximum absolute atomic E-state index is 12.1. The van der Waals surface area contributed by atoms with Gasteiger partial charge in [-0.3, -0.25) is 4.79 Å². The molecular weight excluding hydrogens is 444 g/mol. The number of amides is 1. The molecule has 0 unspecified atom stereocenters. The van der Waals surface area contributed by atoms with Crippen LogP contribution in [0.3, 0.4) is 0 Å². The molecule has 0 saturated heterocycles. The lowest BCUT2D eigenvalue weighted by atomic mass is 10.1. The third kappa shape index (κ3) is 5.94. The number of carbonyl (C=O) groups excluding carboxylic acids is 1. The number of nitrogens with zero attached hydrogens (tertiary/aromatic N) is 3. The number of thioether (sulfide) groups is 2. The van der Waals surface area contributed by atoms with Crippen LogP contribution < -0.4 is 5.43 Å². The third-order valence-electron chi connectivity index (χ3n) is 4.49. The molecule has 4 rings (SSSR count). The first-order chi connectivity index (χ1) is 15.2. The molecule has 0 aliphatic heterocycles. The molecule has 0 fully saturated rings. The zero-order chi connectivity index (χ0) is 21.5. The van der Waals surface area contributed by atoms with E-state index in [4.69, 9.17) is 0 Å². The van der Waals surface area contributed by atoms with Gasteiger partial charge in [-0.25, -0.2) is 5.43 Å². The molecule has 1 amide bonds. The van der Waals surface area contributed by atoms with E-state index in [1.165, 1.54) is 39.4 Å². The van der Waals surface area contributed by atoms with Crippen molar-refractivity contribution in [2.24, 2.45) is 5.10 Å². The van der Waals surface area contributed by atoms with Crippen LogP contribution in [0.15, 0.2) is 86.6 Å². The maximum atomic E-state index is 12.1. The minimum absolute atomic E-state index is 0.166. The van der Waals surface area contributed by atoms with Gasteiger partial charge < -0.3 is 0 Å². The molecule has 4 aromatic rings. The lowest BCUT2D eigenvalue weighted by Crippen LogP contribution is -2.21. The zero-order valence-electron chi connectivity index (χ0n) is 16.8. The predicted octanol–water partition coefficient (Wildman–Crippen LogP) is 5.62. The van der Waals surface area contributed by atoms with Crippen molar-refractivity contribution < 1.29 is 4.79 Å². The predicted molar refractivity (Wildman–Crippen MR) is 131 cm³/mol. The fourth-order valence-electron chi connectivity index (χ4n) is 2.92. The second kappa shape index (κ2) is 10.6. The number of aromatic nitrogens is 2. The van der Waals surface area contributed by atoms with Crippen molar-refractivity contribution in [1.29, 1.82) is 0 Å². The summed E-state index contributed by atoms with van der Waals surface area (Å²) >= 11 is 4.54. The normalized spacial score (nSPS) is 11.6. The topological polar surface area (TPSA) is 67.2 Å². The van der Waals surface area contributed by atoms with Crippen LogP contribution in [0.1, 0.15) is 18.1 Å². The average molecular weight is 465 g/mol. The van der Waals surface area contributed by atoms with E-state index >= 15 is 0 Å². The van der Waals surface area contributed by atoms with Crippen molar-refractivity contribution in [3.63, 3.8) is 0 Å². The van der Waals surface area contributed by atoms with E-state index in [9.17, 15) is 4.79 Å². The molecular formula is C23H20N4OS3. The van der Waals surface area contributed by atoms with Gasteiger partial charge in [-0.05, 0) is 28.8 Å². The Bertz CT molecular complexity index is 1200. The summed E-state index contributed by atoms with van der Waals surface area (Å²) in [4.78, 5) is 12.1. The zero-order valence-corrected chi connectivity index (χ0v) is 19.3. The average Bonchev–Trinajstić information content (AvgIpc) is 3.28. The second-order valence-electron chi connectivity index (χ2n) is 6.65. The van der Waals surface area contributed by atoms with Crippen molar-refractivity contribution in [2.45, 2.75) is 21.4 Å². The van der Waals surface area contributed by atoms with Gasteiger partial charge in [0.15, 0.2) is 8.68 Å². The number of carbonyl (C=O) groups is 1. The van der Waals surface area contributed by atoms with Gasteiger partial charge in [-0.15, -0.1) is 10.2 Å². The van der Waals surface area contributed by atoms with Gasteiger partial charge in [0.25, 0.3) is 5.91 Å². The Morgan fingerprint density at radius 2 is 1.65 bits per heavy atom. The highest BCUT2D eigenvalue weighted by Gasteiger charge is 2.10. The Morgan fingerprint density at radius 3 is 2.48 bits per heavy atom. The van der Waals surface area contributed by atoms with Crippen LogP contribution in [0.2, 0.25) is 0 Å². The van der Waals surface area contributed by atoms with Crippen LogP contribution in [0, 0.1) is 0 Å². The molecule has 0 atom stereocenters. The van der Waals surface area contributed by atoms with E-state index in [0.29, 0.717) is 0 Å². The Hall–Kier alpha value is -2.68. The smallest absolute Gasteiger partial charge is 0.250 e. The summed E-state index contributed by atoms with van der Waals surface area (Å²) in [5, 5.41) is 15.1. The third-order valence-corrected chi connectivity index (χ3v) is 7.72. The Morgan fingerprint density at radius 1 is 0.935 bits per heavy atom. The molecule has 1 N–H and O–H groups in total. The molecule has 0 radical (unpaired) electrons. The Labute approximate surface area is 193 Å². The van der Waals surface area contributed by atoms with Crippen molar-refractivity contribution in [3.05, 3.63) is 83.9 Å². The molecule has 0 aliphatic carbocycles. The van der Waals surface area contributed by atoms with E-state index in [2.05, 4.69) is 63.2 Å². The van der Waals surface area contributed by atoms with Crippen LogP contribution in [0.5, 0.6) is 0 Å². The fraction of sp³-hybridized carbons (Fsp3) is 0.130. The molecule has 156 valence electrons. The lowest BCUT2D eigenvalue weighted by molar-refractivity contribution is -0.118. The minimum atomic E-state index is -0.166. The van der Waals surface area contributed by atoms with Gasteiger partial charge in [0, 0.05) is 5.75 Å². The van der Waals surface area contributed by atoms with Crippen LogP contribution >= 0.6 is 34.9 Å². The fourth-order valence-corrected chi connectivity index (χ4v) is 5.74. The van der Waals surface area contributed by atoms with E-state index in [-0.39, 0.29) is 11.7 Å². The van der Waals surface area contributed by atoms with Gasteiger partial charge in [-0.2, -0.15) is 5.10 Å². The number of benzene rings is 3. The highest BCUT2D eigenvalue weighted by atomic mass is 32.2. The Balaban J connectivity index is 1.27. The van der Waals surface area contributed by atoms with Gasteiger partial charge in [-0.1, -0.05) is 108 Å². The molecule has 0 aliphatic rings. The summed E-state index contributed by atoms with van der Waals surface area (Å²) in [7, 11) is 0. The van der Waals surface area contributed by atoms with Crippen LogP contribution in [0.4, 0.5) is 0 Å². The largest absolute Gasteiger partial charge is 0.272 e. The van der Waals surface area contributed by atoms with Gasteiger partial charge >= 0.3 is 0 Å². The highest BCUT2D eigenvalue weighted by Crippen LogP contribution is 2.32. The molecule has 1 aromatic heterocycles. The van der Waals surface area contributed by atoms with E-state index in [1.807, 2.05) is 37.3 Å². The summed E-state index contributed by atoms with van der Waals surface area (Å²) in [6.07, 6.45) is 0. The number of hydrazone groups is 1. The Kier molecular flexibility index (Phi) is 7.35. The molecule has 8 heteroatoms. The van der Waals surface area contributed by atoms with Crippen LogP contribution in [-0.4, -0.2) is 27.6 Å². The molecule has 0 spiro atoms. The minimum Gasteiger partial charge on any atom is -0.272 e. The maximum Gasteiger partial charge on any atom is 0.250 e. The van der Waals surface area contributed by atoms with Crippen molar-refractivity contribution >= 4 is 57.3 Å². The summed E-state index contributed by atoms with van der Waals surface area (Å²) in [5.41, 5.74) is 5.62. The monoisotopic (exact) mass is 464 g/mol. The van der Waals surface area contributed by atoms with Gasteiger partial charge in [0.05, 0.1) is 11.5 Å². The molecule has 0 bridgehead atoms. The standard InChI is InChI=1S/C23H20N4OS3/c1-16(17-8-3-2-4-9-17)24-25-21(28)15-30-23-27-26-22(31-23)29-14-19-12-7-11-18-10-5-6-13-20(18)19/h2-13H,14-15H2,1H3,(H,25,28)/b24-16-. The number of rotatable bonds is 8. The number of hydrogen-bond donors (Lipinski definition) is 1.